The van der Waals surface area contributed by atoms with E-state index in [2.05, 4.69) is 20.4 Å². The Morgan fingerprint density at radius 1 is 1.32 bits per heavy atom. The molecule has 0 aromatic carbocycles. The molecule has 2 aromatic heterocycles. The standard InChI is InChI=1S/C20H29N5O3/c1-21-17-11-10-16(13-22-17)19-23-20(28-25-19)15(12-18(26)24-27)9-5-8-14-6-3-2-4-7-14/h10-11,13-15,27H,2-9,12H2,1H3,(H,21,22)(H,24,26)/t15-/m0/s1. The Bertz CT molecular complexity index is 741. The number of aromatic nitrogens is 3. The quantitative estimate of drug-likeness (QED) is 0.442. The van der Waals surface area contributed by atoms with Gasteiger partial charge in [0.25, 0.3) is 0 Å². The second-order valence-corrected chi connectivity index (χ2v) is 7.51. The third-order valence-corrected chi connectivity index (χ3v) is 5.51. The fourth-order valence-corrected chi connectivity index (χ4v) is 3.90. The van der Waals surface area contributed by atoms with Gasteiger partial charge in [-0.2, -0.15) is 4.98 Å². The van der Waals surface area contributed by atoms with Crippen LogP contribution >= 0.6 is 0 Å². The zero-order chi connectivity index (χ0) is 19.8. The van der Waals surface area contributed by atoms with E-state index in [-0.39, 0.29) is 12.3 Å². The third-order valence-electron chi connectivity index (χ3n) is 5.51. The molecule has 3 N–H and O–H groups in total. The molecule has 3 rings (SSSR count). The summed E-state index contributed by atoms with van der Waals surface area (Å²) in [5.74, 6) is 1.78. The van der Waals surface area contributed by atoms with E-state index in [0.29, 0.717) is 11.7 Å². The smallest absolute Gasteiger partial charge is 0.244 e. The van der Waals surface area contributed by atoms with Gasteiger partial charge in [-0.1, -0.05) is 50.1 Å². The van der Waals surface area contributed by atoms with Crippen molar-refractivity contribution < 1.29 is 14.5 Å². The number of anilines is 1. The summed E-state index contributed by atoms with van der Waals surface area (Å²) < 4.78 is 5.46. The molecule has 0 spiro atoms. The molecule has 2 aromatic rings. The summed E-state index contributed by atoms with van der Waals surface area (Å²) in [5.41, 5.74) is 2.46. The van der Waals surface area contributed by atoms with E-state index >= 15 is 0 Å². The first kappa shape index (κ1) is 20.3. The Labute approximate surface area is 165 Å². The van der Waals surface area contributed by atoms with Gasteiger partial charge in [-0.15, -0.1) is 0 Å². The molecule has 1 amide bonds. The second kappa shape index (κ2) is 10.2. The van der Waals surface area contributed by atoms with Crippen molar-refractivity contribution in [2.45, 2.75) is 63.7 Å². The molecule has 152 valence electrons. The van der Waals surface area contributed by atoms with E-state index < -0.39 is 5.91 Å². The predicted octanol–water partition coefficient (Wildman–Crippen LogP) is 3.90. The van der Waals surface area contributed by atoms with Gasteiger partial charge >= 0.3 is 0 Å². The Hall–Kier alpha value is -2.48. The molecule has 1 aliphatic carbocycles. The lowest BCUT2D eigenvalue weighted by atomic mass is 9.84. The number of nitrogens with zero attached hydrogens (tertiary/aromatic N) is 3. The number of hydroxylamine groups is 1. The molecule has 8 nitrogen and oxygen atoms in total. The normalized spacial score (nSPS) is 15.9. The van der Waals surface area contributed by atoms with Crippen LogP contribution in [0, 0.1) is 5.92 Å². The van der Waals surface area contributed by atoms with Crippen LogP contribution in [0.5, 0.6) is 0 Å². The van der Waals surface area contributed by atoms with E-state index in [9.17, 15) is 4.79 Å². The zero-order valence-corrected chi connectivity index (χ0v) is 16.4. The molecule has 2 heterocycles. The van der Waals surface area contributed by atoms with E-state index in [4.69, 9.17) is 9.73 Å². The highest BCUT2D eigenvalue weighted by molar-refractivity contribution is 5.75. The number of hydrogen-bond acceptors (Lipinski definition) is 7. The number of carbonyl (C=O) groups excluding carboxylic acids is 1. The minimum Gasteiger partial charge on any atom is -0.373 e. The zero-order valence-electron chi connectivity index (χ0n) is 16.4. The van der Waals surface area contributed by atoms with Crippen LogP contribution in [0.1, 0.15) is 69.6 Å². The van der Waals surface area contributed by atoms with Crippen LogP contribution in [0.25, 0.3) is 11.4 Å². The summed E-state index contributed by atoms with van der Waals surface area (Å²) >= 11 is 0. The number of rotatable bonds is 9. The average molecular weight is 387 g/mol. The summed E-state index contributed by atoms with van der Waals surface area (Å²) in [7, 11) is 1.80. The Kier molecular flexibility index (Phi) is 7.36. The topological polar surface area (TPSA) is 113 Å². The van der Waals surface area contributed by atoms with Gasteiger partial charge in [0, 0.05) is 31.1 Å². The highest BCUT2D eigenvalue weighted by Gasteiger charge is 2.23. The van der Waals surface area contributed by atoms with Crippen molar-refractivity contribution in [2.24, 2.45) is 5.92 Å². The van der Waals surface area contributed by atoms with Crippen LogP contribution in [0.4, 0.5) is 5.82 Å². The number of amides is 1. The molecule has 0 aliphatic heterocycles. The monoisotopic (exact) mass is 387 g/mol. The first-order valence-corrected chi connectivity index (χ1v) is 10.1. The van der Waals surface area contributed by atoms with Crippen molar-refractivity contribution in [3.63, 3.8) is 0 Å². The van der Waals surface area contributed by atoms with Crippen LogP contribution in [0.15, 0.2) is 22.9 Å². The fourth-order valence-electron chi connectivity index (χ4n) is 3.90. The van der Waals surface area contributed by atoms with Crippen molar-refractivity contribution in [1.82, 2.24) is 20.6 Å². The average Bonchev–Trinajstić information content (AvgIpc) is 3.24. The SMILES string of the molecule is CNc1ccc(-c2noc([C@@H](CCCC3CCCCC3)CC(=O)NO)n2)cn1. The van der Waals surface area contributed by atoms with Gasteiger partial charge < -0.3 is 9.84 Å². The molecule has 28 heavy (non-hydrogen) atoms. The molecule has 1 aliphatic rings. The van der Waals surface area contributed by atoms with E-state index in [0.717, 1.165) is 36.6 Å². The summed E-state index contributed by atoms with van der Waals surface area (Å²) in [6.45, 7) is 0. The summed E-state index contributed by atoms with van der Waals surface area (Å²) in [6, 6.07) is 3.71. The highest BCUT2D eigenvalue weighted by Crippen LogP contribution is 2.31. The number of carbonyl (C=O) groups is 1. The molecular weight excluding hydrogens is 358 g/mol. The summed E-state index contributed by atoms with van der Waals surface area (Å²) in [4.78, 5) is 20.5. The first-order valence-electron chi connectivity index (χ1n) is 10.1. The van der Waals surface area contributed by atoms with Gasteiger partial charge in [-0.05, 0) is 24.5 Å². The number of hydrogen-bond donors (Lipinski definition) is 3. The summed E-state index contributed by atoms with van der Waals surface area (Å²) in [5, 5.41) is 15.9. The van der Waals surface area contributed by atoms with Crippen LogP contribution in [0.3, 0.4) is 0 Å². The van der Waals surface area contributed by atoms with Gasteiger partial charge in [-0.3, -0.25) is 10.0 Å². The third kappa shape index (κ3) is 5.51. The second-order valence-electron chi connectivity index (χ2n) is 7.51. The van der Waals surface area contributed by atoms with Gasteiger partial charge in [-0.25, -0.2) is 10.5 Å². The maximum absolute atomic E-state index is 11.7. The minimum absolute atomic E-state index is 0.125. The Morgan fingerprint density at radius 3 is 2.82 bits per heavy atom. The maximum Gasteiger partial charge on any atom is 0.244 e. The molecular formula is C20H29N5O3. The van der Waals surface area contributed by atoms with Crippen LogP contribution in [-0.2, 0) is 4.79 Å². The Morgan fingerprint density at radius 2 is 2.14 bits per heavy atom. The minimum atomic E-state index is -0.442. The fraction of sp³-hybridized carbons (Fsp3) is 0.600. The van der Waals surface area contributed by atoms with Crippen LogP contribution in [0.2, 0.25) is 0 Å². The lowest BCUT2D eigenvalue weighted by Gasteiger charge is -2.22. The largest absolute Gasteiger partial charge is 0.373 e. The maximum atomic E-state index is 11.7. The van der Waals surface area contributed by atoms with Crippen molar-refractivity contribution >= 4 is 11.7 Å². The molecule has 1 saturated carbocycles. The van der Waals surface area contributed by atoms with Crippen molar-refractivity contribution in [3.8, 4) is 11.4 Å². The van der Waals surface area contributed by atoms with E-state index in [1.54, 1.807) is 18.7 Å². The molecule has 1 atom stereocenters. The van der Waals surface area contributed by atoms with Gasteiger partial charge in [0.15, 0.2) is 0 Å². The van der Waals surface area contributed by atoms with Gasteiger partial charge in [0.1, 0.15) is 5.82 Å². The molecule has 8 heteroatoms. The van der Waals surface area contributed by atoms with Crippen LogP contribution in [-0.4, -0.2) is 33.3 Å². The molecule has 0 unspecified atom stereocenters. The molecule has 0 radical (unpaired) electrons. The van der Waals surface area contributed by atoms with E-state index in [1.807, 2.05) is 12.1 Å². The number of nitrogens with one attached hydrogen (secondary N) is 2. The number of pyridine rings is 1. The predicted molar refractivity (Wildman–Crippen MR) is 105 cm³/mol. The highest BCUT2D eigenvalue weighted by atomic mass is 16.5. The van der Waals surface area contributed by atoms with Crippen molar-refractivity contribution in [3.05, 3.63) is 24.2 Å². The van der Waals surface area contributed by atoms with Gasteiger partial charge in [0.05, 0.1) is 0 Å². The van der Waals surface area contributed by atoms with Gasteiger partial charge in [0.2, 0.25) is 17.6 Å². The lowest BCUT2D eigenvalue weighted by Crippen LogP contribution is -2.21. The summed E-state index contributed by atoms with van der Waals surface area (Å²) in [6.07, 6.45) is 11.4. The lowest BCUT2D eigenvalue weighted by molar-refractivity contribution is -0.129. The van der Waals surface area contributed by atoms with E-state index in [1.165, 1.54) is 32.1 Å². The van der Waals surface area contributed by atoms with Crippen molar-refractivity contribution in [1.29, 1.82) is 0 Å². The van der Waals surface area contributed by atoms with Crippen molar-refractivity contribution in [2.75, 3.05) is 12.4 Å². The molecule has 0 bridgehead atoms. The molecule has 0 saturated heterocycles. The Balaban J connectivity index is 1.65. The first-order chi connectivity index (χ1) is 13.7. The molecule has 1 fully saturated rings. The van der Waals surface area contributed by atoms with Crippen LogP contribution < -0.4 is 10.8 Å².